The molecule has 0 radical (unpaired) electrons. The average molecular weight is 386 g/mol. The molecule has 0 unspecified atom stereocenters. The van der Waals surface area contributed by atoms with Gasteiger partial charge in [-0.2, -0.15) is 0 Å². The van der Waals surface area contributed by atoms with Gasteiger partial charge in [-0.05, 0) is 43.9 Å². The van der Waals surface area contributed by atoms with Gasteiger partial charge in [0.25, 0.3) is 0 Å². The van der Waals surface area contributed by atoms with E-state index >= 15 is 0 Å². The maximum absolute atomic E-state index is 12.5. The number of carbonyl (C=O) groups excluding carboxylic acids is 3. The van der Waals surface area contributed by atoms with Crippen LogP contribution in [0, 0.1) is 5.92 Å². The molecule has 7 heteroatoms. The smallest absolute Gasteiger partial charge is 0.321 e. The zero-order chi connectivity index (χ0) is 19.9. The molecule has 1 saturated carbocycles. The molecule has 4 amide bonds. The van der Waals surface area contributed by atoms with Crippen LogP contribution < -0.4 is 16.0 Å². The van der Waals surface area contributed by atoms with Crippen molar-refractivity contribution in [2.45, 2.75) is 57.9 Å². The third-order valence-corrected chi connectivity index (χ3v) is 5.54. The maximum Gasteiger partial charge on any atom is 0.321 e. The van der Waals surface area contributed by atoms with Gasteiger partial charge in [0.05, 0.1) is 0 Å². The fourth-order valence-electron chi connectivity index (χ4n) is 3.99. The highest BCUT2D eigenvalue weighted by atomic mass is 16.2. The third kappa shape index (κ3) is 5.71. The lowest BCUT2D eigenvalue weighted by atomic mass is 9.88. The van der Waals surface area contributed by atoms with Crippen LogP contribution in [0.1, 0.15) is 51.9 Å². The predicted molar refractivity (Wildman–Crippen MR) is 109 cm³/mol. The second kappa shape index (κ2) is 9.57. The zero-order valence-corrected chi connectivity index (χ0v) is 16.5. The van der Waals surface area contributed by atoms with Gasteiger partial charge in [0, 0.05) is 43.3 Å². The van der Waals surface area contributed by atoms with Crippen LogP contribution in [0.15, 0.2) is 24.3 Å². The molecule has 0 aromatic heterocycles. The number of urea groups is 1. The van der Waals surface area contributed by atoms with Crippen molar-refractivity contribution in [1.29, 1.82) is 0 Å². The number of benzene rings is 1. The Morgan fingerprint density at radius 1 is 0.929 bits per heavy atom. The summed E-state index contributed by atoms with van der Waals surface area (Å²) in [5.74, 6) is 0.212. The monoisotopic (exact) mass is 386 g/mol. The number of anilines is 2. The van der Waals surface area contributed by atoms with Crippen LogP contribution in [0.25, 0.3) is 0 Å². The van der Waals surface area contributed by atoms with Gasteiger partial charge in [-0.15, -0.1) is 0 Å². The SMILES string of the molecule is CC(=O)Nc1cccc(NC(=O)N2CCC(NC(=O)C3CCCCC3)CC2)c1. The summed E-state index contributed by atoms with van der Waals surface area (Å²) in [6.45, 7) is 2.68. The largest absolute Gasteiger partial charge is 0.353 e. The molecule has 3 N–H and O–H groups in total. The molecule has 1 aromatic carbocycles. The highest BCUT2D eigenvalue weighted by molar-refractivity contribution is 5.92. The lowest BCUT2D eigenvalue weighted by Crippen LogP contribution is -2.49. The van der Waals surface area contributed by atoms with E-state index in [1.807, 2.05) is 0 Å². The normalized spacial score (nSPS) is 18.4. The van der Waals surface area contributed by atoms with Crippen LogP contribution in [0.2, 0.25) is 0 Å². The van der Waals surface area contributed by atoms with E-state index in [9.17, 15) is 14.4 Å². The van der Waals surface area contributed by atoms with Gasteiger partial charge in [-0.1, -0.05) is 25.3 Å². The number of piperidine rings is 1. The van der Waals surface area contributed by atoms with Crippen LogP contribution in [0.3, 0.4) is 0 Å². The predicted octanol–water partition coefficient (Wildman–Crippen LogP) is 3.34. The molecule has 0 atom stereocenters. The summed E-state index contributed by atoms with van der Waals surface area (Å²) in [6, 6.07) is 7.08. The van der Waals surface area contributed by atoms with Gasteiger partial charge in [0.1, 0.15) is 0 Å². The minimum absolute atomic E-state index is 0.152. The fourth-order valence-corrected chi connectivity index (χ4v) is 3.99. The molecule has 1 aromatic rings. The lowest BCUT2D eigenvalue weighted by Gasteiger charge is -2.33. The molecule has 0 spiro atoms. The van der Waals surface area contributed by atoms with Gasteiger partial charge in [0.2, 0.25) is 11.8 Å². The molecule has 1 aliphatic heterocycles. The van der Waals surface area contributed by atoms with E-state index in [-0.39, 0.29) is 29.8 Å². The Labute approximate surface area is 166 Å². The molecule has 1 aliphatic carbocycles. The second-order valence-electron chi connectivity index (χ2n) is 7.80. The third-order valence-electron chi connectivity index (χ3n) is 5.54. The molecule has 1 heterocycles. The van der Waals surface area contributed by atoms with E-state index in [0.717, 1.165) is 38.5 Å². The van der Waals surface area contributed by atoms with Gasteiger partial charge in [-0.25, -0.2) is 4.79 Å². The Bertz CT molecular complexity index is 707. The Kier molecular flexibility index (Phi) is 6.90. The van der Waals surface area contributed by atoms with Crippen molar-refractivity contribution in [2.75, 3.05) is 23.7 Å². The molecule has 2 aliphatic rings. The average Bonchev–Trinajstić information content (AvgIpc) is 2.69. The number of nitrogens with one attached hydrogen (secondary N) is 3. The molecule has 3 rings (SSSR count). The van der Waals surface area contributed by atoms with E-state index in [1.165, 1.54) is 13.3 Å². The van der Waals surface area contributed by atoms with Crippen molar-refractivity contribution in [3.8, 4) is 0 Å². The Balaban J connectivity index is 1.44. The summed E-state index contributed by atoms with van der Waals surface area (Å²) in [6.07, 6.45) is 7.11. The second-order valence-corrected chi connectivity index (χ2v) is 7.80. The van der Waals surface area contributed by atoms with Crippen LogP contribution >= 0.6 is 0 Å². The molecule has 7 nitrogen and oxygen atoms in total. The molecular formula is C21H30N4O3. The first-order valence-corrected chi connectivity index (χ1v) is 10.3. The number of carbonyl (C=O) groups is 3. The zero-order valence-electron chi connectivity index (χ0n) is 16.5. The van der Waals surface area contributed by atoms with Crippen LogP contribution in [0.4, 0.5) is 16.2 Å². The summed E-state index contributed by atoms with van der Waals surface area (Å²) in [5.41, 5.74) is 1.29. The number of hydrogen-bond acceptors (Lipinski definition) is 3. The first-order chi connectivity index (χ1) is 13.5. The molecule has 0 bridgehead atoms. The highest BCUT2D eigenvalue weighted by Crippen LogP contribution is 2.24. The molecular weight excluding hydrogens is 356 g/mol. The van der Waals surface area contributed by atoms with Gasteiger partial charge < -0.3 is 20.9 Å². The summed E-state index contributed by atoms with van der Waals surface area (Å²) < 4.78 is 0. The van der Waals surface area contributed by atoms with Crippen molar-refractivity contribution in [3.05, 3.63) is 24.3 Å². The maximum atomic E-state index is 12.5. The van der Waals surface area contributed by atoms with Crippen LogP contribution in [0.5, 0.6) is 0 Å². The Morgan fingerprint density at radius 3 is 2.21 bits per heavy atom. The number of amides is 4. The molecule has 2 fully saturated rings. The van der Waals surface area contributed by atoms with E-state index in [1.54, 1.807) is 29.2 Å². The van der Waals surface area contributed by atoms with Crippen molar-refractivity contribution < 1.29 is 14.4 Å². The number of nitrogens with zero attached hydrogens (tertiary/aromatic N) is 1. The lowest BCUT2D eigenvalue weighted by molar-refractivity contribution is -0.127. The minimum atomic E-state index is -0.156. The number of likely N-dealkylation sites (tertiary alicyclic amines) is 1. The van der Waals surface area contributed by atoms with Gasteiger partial charge in [0.15, 0.2) is 0 Å². The summed E-state index contributed by atoms with van der Waals surface area (Å²) in [4.78, 5) is 37.9. The van der Waals surface area contributed by atoms with E-state index in [2.05, 4.69) is 16.0 Å². The van der Waals surface area contributed by atoms with E-state index in [4.69, 9.17) is 0 Å². The first-order valence-electron chi connectivity index (χ1n) is 10.3. The van der Waals surface area contributed by atoms with Crippen molar-refractivity contribution in [3.63, 3.8) is 0 Å². The summed E-state index contributed by atoms with van der Waals surface area (Å²) in [5, 5.41) is 8.77. The standard InChI is InChI=1S/C21H30N4O3/c1-15(26)22-18-8-5-9-19(14-18)24-21(28)25-12-10-17(11-13-25)23-20(27)16-6-3-2-4-7-16/h5,8-9,14,16-17H,2-4,6-7,10-13H2,1H3,(H,22,26)(H,23,27)(H,24,28). The Morgan fingerprint density at radius 2 is 1.57 bits per heavy atom. The minimum Gasteiger partial charge on any atom is -0.353 e. The highest BCUT2D eigenvalue weighted by Gasteiger charge is 2.27. The molecule has 28 heavy (non-hydrogen) atoms. The molecule has 152 valence electrons. The molecule has 1 saturated heterocycles. The van der Waals surface area contributed by atoms with Crippen molar-refractivity contribution >= 4 is 29.2 Å². The van der Waals surface area contributed by atoms with Crippen molar-refractivity contribution in [1.82, 2.24) is 10.2 Å². The Hall–Kier alpha value is -2.57. The quantitative estimate of drug-likeness (QED) is 0.741. The van der Waals surface area contributed by atoms with E-state index < -0.39 is 0 Å². The van der Waals surface area contributed by atoms with Gasteiger partial charge >= 0.3 is 6.03 Å². The van der Waals surface area contributed by atoms with Crippen LogP contribution in [-0.4, -0.2) is 41.9 Å². The topological polar surface area (TPSA) is 90.5 Å². The van der Waals surface area contributed by atoms with Crippen LogP contribution in [-0.2, 0) is 9.59 Å². The fraction of sp³-hybridized carbons (Fsp3) is 0.571. The van der Waals surface area contributed by atoms with E-state index in [0.29, 0.717) is 24.5 Å². The van der Waals surface area contributed by atoms with Gasteiger partial charge in [-0.3, -0.25) is 9.59 Å². The van der Waals surface area contributed by atoms with Crippen molar-refractivity contribution in [2.24, 2.45) is 5.92 Å². The summed E-state index contributed by atoms with van der Waals surface area (Å²) >= 11 is 0. The number of hydrogen-bond donors (Lipinski definition) is 3. The first kappa shape index (κ1) is 20.2. The summed E-state index contributed by atoms with van der Waals surface area (Å²) in [7, 11) is 0. The number of rotatable bonds is 4.